The smallest absolute Gasteiger partial charge is 0.273 e. The maximum Gasteiger partial charge on any atom is 0.273 e. The molecule has 2 aromatic carbocycles. The molecule has 5 nitrogen and oxygen atoms in total. The van der Waals surface area contributed by atoms with E-state index in [0.29, 0.717) is 28.1 Å². The van der Waals surface area contributed by atoms with Crippen LogP contribution >= 0.6 is 0 Å². The van der Waals surface area contributed by atoms with E-state index in [4.69, 9.17) is 16.2 Å². The third-order valence-corrected chi connectivity index (χ3v) is 4.09. The monoisotopic (exact) mass is 415 g/mol. The number of nitrogens with zero attached hydrogens (tertiary/aromatic N) is 1. The highest BCUT2D eigenvalue weighted by molar-refractivity contribution is 5.79. The van der Waals surface area contributed by atoms with Gasteiger partial charge in [-0.15, -0.1) is 0 Å². The Balaban J connectivity index is 0.000000735. The summed E-state index contributed by atoms with van der Waals surface area (Å²) in [4.78, 5) is 12.0. The lowest BCUT2D eigenvalue weighted by molar-refractivity contribution is 0.439. The van der Waals surface area contributed by atoms with E-state index in [0.717, 1.165) is 18.1 Å². The first kappa shape index (κ1) is 22.9. The first-order chi connectivity index (χ1) is 14.0. The van der Waals surface area contributed by atoms with Gasteiger partial charge in [-0.05, 0) is 48.7 Å². The summed E-state index contributed by atoms with van der Waals surface area (Å²) in [5, 5.41) is 0. The molecule has 0 spiro atoms. The molecule has 0 fully saturated rings. The predicted molar refractivity (Wildman–Crippen MR) is 118 cm³/mol. The Morgan fingerprint density at radius 2 is 1.57 bits per heavy atom. The van der Waals surface area contributed by atoms with Gasteiger partial charge < -0.3 is 20.8 Å². The van der Waals surface area contributed by atoms with E-state index in [1.54, 1.807) is 38.4 Å². The van der Waals surface area contributed by atoms with Crippen molar-refractivity contribution >= 4 is 11.4 Å². The summed E-state index contributed by atoms with van der Waals surface area (Å²) in [6.45, 7) is 8.21. The van der Waals surface area contributed by atoms with Gasteiger partial charge in [-0.2, -0.15) is 0 Å². The number of nitrogen functional groups attached to an aromatic ring is 2. The van der Waals surface area contributed by atoms with Crippen LogP contribution in [0.4, 0.5) is 20.2 Å². The maximum atomic E-state index is 14.0. The van der Waals surface area contributed by atoms with Gasteiger partial charge in [0.2, 0.25) is 0 Å². The average Bonchev–Trinajstić information content (AvgIpc) is 2.66. The minimum Gasteiger partial charge on any atom is -0.454 e. The molecule has 30 heavy (non-hydrogen) atoms. The van der Waals surface area contributed by atoms with E-state index in [2.05, 4.69) is 20.8 Å². The third kappa shape index (κ3) is 5.37. The Morgan fingerprint density at radius 1 is 0.967 bits per heavy atom. The van der Waals surface area contributed by atoms with Crippen LogP contribution in [-0.4, -0.2) is 4.57 Å². The number of aryl methyl sites for hydroxylation is 1. The Labute approximate surface area is 174 Å². The van der Waals surface area contributed by atoms with Gasteiger partial charge in [0, 0.05) is 36.1 Å². The fraction of sp³-hybridized carbons (Fsp3) is 0.261. The topological polar surface area (TPSA) is 83.3 Å². The normalized spacial score (nSPS) is 10.5. The van der Waals surface area contributed by atoms with Gasteiger partial charge in [-0.25, -0.2) is 8.78 Å². The van der Waals surface area contributed by atoms with Crippen LogP contribution in [0, 0.1) is 24.5 Å². The minimum atomic E-state index is -0.829. The first-order valence-electron chi connectivity index (χ1n) is 9.49. The van der Waals surface area contributed by atoms with Crippen LogP contribution in [0.2, 0.25) is 0 Å². The standard InChI is InChI=1S/C19H17F2N3O2.C4H10/c1-10-14(9-24(2)19(25)18(10)23)13-8-12(22)4-6-16(13)26-17-5-3-11(20)7-15(17)21;1-4(2)3/h3-9H,22-23H2,1-2H3;4H,1-3H3. The Kier molecular flexibility index (Phi) is 7.21. The van der Waals surface area contributed by atoms with Gasteiger partial charge in [0.25, 0.3) is 5.56 Å². The fourth-order valence-electron chi connectivity index (χ4n) is 2.64. The van der Waals surface area contributed by atoms with Crippen molar-refractivity contribution in [1.29, 1.82) is 0 Å². The lowest BCUT2D eigenvalue weighted by Gasteiger charge is -2.16. The van der Waals surface area contributed by atoms with Gasteiger partial charge in [-0.1, -0.05) is 20.8 Å². The van der Waals surface area contributed by atoms with Gasteiger partial charge in [-0.3, -0.25) is 4.79 Å². The quantitative estimate of drug-likeness (QED) is 0.572. The van der Waals surface area contributed by atoms with Crippen LogP contribution < -0.4 is 21.8 Å². The zero-order chi connectivity index (χ0) is 22.6. The van der Waals surface area contributed by atoms with E-state index in [9.17, 15) is 13.6 Å². The van der Waals surface area contributed by atoms with Gasteiger partial charge >= 0.3 is 0 Å². The summed E-state index contributed by atoms with van der Waals surface area (Å²) in [6, 6.07) is 7.86. The zero-order valence-corrected chi connectivity index (χ0v) is 17.8. The van der Waals surface area contributed by atoms with Crippen LogP contribution in [0.1, 0.15) is 26.3 Å². The Morgan fingerprint density at radius 3 is 2.17 bits per heavy atom. The Hall–Kier alpha value is -3.35. The summed E-state index contributed by atoms with van der Waals surface area (Å²) in [6.07, 6.45) is 1.61. The van der Waals surface area contributed by atoms with Crippen molar-refractivity contribution in [2.75, 3.05) is 11.5 Å². The van der Waals surface area contributed by atoms with Gasteiger partial charge in [0.15, 0.2) is 11.6 Å². The highest BCUT2D eigenvalue weighted by atomic mass is 19.1. The number of halogens is 2. The fourth-order valence-corrected chi connectivity index (χ4v) is 2.64. The molecular weight excluding hydrogens is 388 g/mol. The van der Waals surface area contributed by atoms with E-state index < -0.39 is 11.6 Å². The van der Waals surface area contributed by atoms with Crippen LogP contribution in [0.15, 0.2) is 47.4 Å². The molecule has 4 N–H and O–H groups in total. The lowest BCUT2D eigenvalue weighted by atomic mass is 10.00. The number of benzene rings is 2. The summed E-state index contributed by atoms with van der Waals surface area (Å²) >= 11 is 0. The van der Waals surface area contributed by atoms with Crippen molar-refractivity contribution < 1.29 is 13.5 Å². The van der Waals surface area contributed by atoms with Crippen molar-refractivity contribution in [1.82, 2.24) is 4.57 Å². The van der Waals surface area contributed by atoms with E-state index in [1.165, 1.54) is 10.6 Å². The number of anilines is 2. The molecule has 1 heterocycles. The summed E-state index contributed by atoms with van der Waals surface area (Å²) in [5.41, 5.74) is 13.7. The first-order valence-corrected chi connectivity index (χ1v) is 9.49. The molecular formula is C23H27F2N3O2. The van der Waals surface area contributed by atoms with Crippen LogP contribution in [-0.2, 0) is 7.05 Å². The molecule has 3 aromatic rings. The van der Waals surface area contributed by atoms with Crippen LogP contribution in [0.3, 0.4) is 0 Å². The molecule has 7 heteroatoms. The second-order valence-electron chi connectivity index (χ2n) is 7.66. The van der Waals surface area contributed by atoms with Crippen LogP contribution in [0.25, 0.3) is 11.1 Å². The highest BCUT2D eigenvalue weighted by Crippen LogP contribution is 2.37. The maximum absolute atomic E-state index is 14.0. The number of aromatic nitrogens is 1. The highest BCUT2D eigenvalue weighted by Gasteiger charge is 2.16. The van der Waals surface area contributed by atoms with Crippen molar-refractivity contribution in [3.63, 3.8) is 0 Å². The molecule has 0 unspecified atom stereocenters. The second-order valence-corrected chi connectivity index (χ2v) is 7.66. The second kappa shape index (κ2) is 9.43. The number of hydrogen-bond donors (Lipinski definition) is 2. The molecule has 0 atom stereocenters. The molecule has 1 aromatic heterocycles. The molecule has 0 radical (unpaired) electrons. The van der Waals surface area contributed by atoms with Crippen molar-refractivity contribution in [2.45, 2.75) is 27.7 Å². The third-order valence-electron chi connectivity index (χ3n) is 4.09. The van der Waals surface area contributed by atoms with E-state index >= 15 is 0 Å². The number of ether oxygens (including phenoxy) is 1. The molecule has 0 amide bonds. The van der Waals surface area contributed by atoms with Crippen LogP contribution in [0.5, 0.6) is 11.5 Å². The molecule has 0 aliphatic rings. The molecule has 0 saturated heterocycles. The predicted octanol–water partition coefficient (Wildman–Crippen LogP) is 5.26. The zero-order valence-electron chi connectivity index (χ0n) is 17.8. The van der Waals surface area contributed by atoms with Gasteiger partial charge in [0.05, 0.1) is 0 Å². The molecule has 0 bridgehead atoms. The summed E-state index contributed by atoms with van der Waals surface area (Å²) < 4.78 is 34.1. The molecule has 0 aliphatic heterocycles. The number of pyridine rings is 1. The number of rotatable bonds is 3. The molecule has 160 valence electrons. The van der Waals surface area contributed by atoms with Crippen molar-refractivity contribution in [2.24, 2.45) is 13.0 Å². The lowest BCUT2D eigenvalue weighted by Crippen LogP contribution is -2.21. The molecule has 0 aliphatic carbocycles. The van der Waals surface area contributed by atoms with Gasteiger partial charge in [0.1, 0.15) is 17.3 Å². The average molecular weight is 415 g/mol. The van der Waals surface area contributed by atoms with Crippen molar-refractivity contribution in [3.05, 3.63) is 70.1 Å². The Bertz CT molecular complexity index is 1110. The molecule has 0 saturated carbocycles. The number of nitrogens with two attached hydrogens (primary N) is 2. The largest absolute Gasteiger partial charge is 0.454 e. The van der Waals surface area contributed by atoms with E-state index in [-0.39, 0.29) is 17.0 Å². The number of hydrogen-bond acceptors (Lipinski definition) is 4. The SMILES string of the molecule is CC(C)C.Cc1c(-c2cc(N)ccc2Oc2ccc(F)cc2F)cn(C)c(=O)c1N. The summed E-state index contributed by atoms with van der Waals surface area (Å²) in [7, 11) is 1.58. The van der Waals surface area contributed by atoms with Crippen molar-refractivity contribution in [3.8, 4) is 22.6 Å². The molecule has 3 rings (SSSR count). The summed E-state index contributed by atoms with van der Waals surface area (Å²) in [5.74, 6) is -0.530. The minimum absolute atomic E-state index is 0.103. The van der Waals surface area contributed by atoms with E-state index in [1.807, 2.05) is 0 Å².